The van der Waals surface area contributed by atoms with Crippen molar-refractivity contribution in [2.75, 3.05) is 5.73 Å². The molecule has 4 rings (SSSR count). The Labute approximate surface area is 182 Å². The van der Waals surface area contributed by atoms with Gasteiger partial charge in [0, 0.05) is 11.1 Å². The number of rotatable bonds is 5. The highest BCUT2D eigenvalue weighted by molar-refractivity contribution is 5.84. The molecular weight excluding hydrogens is 382 g/mol. The molecule has 0 aliphatic heterocycles. The molecule has 4 aromatic rings. The van der Waals surface area contributed by atoms with E-state index >= 15 is 0 Å². The van der Waals surface area contributed by atoms with Gasteiger partial charge in [0.15, 0.2) is 0 Å². The minimum absolute atomic E-state index is 0.231. The van der Waals surface area contributed by atoms with Crippen molar-refractivity contribution >= 4 is 5.82 Å². The second-order valence-electron chi connectivity index (χ2n) is 7.50. The minimum atomic E-state index is 0.231. The van der Waals surface area contributed by atoms with Gasteiger partial charge in [0.1, 0.15) is 29.8 Å². The molecule has 0 spiro atoms. The number of hydrogen-bond acceptors (Lipinski definition) is 4. The van der Waals surface area contributed by atoms with E-state index in [0.29, 0.717) is 12.2 Å². The van der Waals surface area contributed by atoms with Crippen molar-refractivity contribution in [2.45, 2.75) is 20.5 Å². The first kappa shape index (κ1) is 20.2. The van der Waals surface area contributed by atoms with Gasteiger partial charge in [-0.25, -0.2) is 4.98 Å². The summed E-state index contributed by atoms with van der Waals surface area (Å²) in [5.74, 6) is 0.964. The maximum atomic E-state index is 9.80. The van der Waals surface area contributed by atoms with Gasteiger partial charge in [-0.15, -0.1) is 0 Å². The third kappa shape index (κ3) is 4.26. The second kappa shape index (κ2) is 8.73. The molecule has 0 fully saturated rings. The highest BCUT2D eigenvalue weighted by Gasteiger charge is 2.18. The summed E-state index contributed by atoms with van der Waals surface area (Å²) in [6.45, 7) is 4.50. The molecule has 0 aliphatic carbocycles. The average Bonchev–Trinajstić information content (AvgIpc) is 2.80. The molecule has 0 bridgehead atoms. The Balaban J connectivity index is 1.76. The van der Waals surface area contributed by atoms with Gasteiger partial charge < -0.3 is 10.5 Å². The molecule has 2 N–H and O–H groups in total. The van der Waals surface area contributed by atoms with Gasteiger partial charge in [0.2, 0.25) is 0 Å². The zero-order valence-electron chi connectivity index (χ0n) is 17.6. The summed E-state index contributed by atoms with van der Waals surface area (Å²) in [4.78, 5) is 4.55. The van der Waals surface area contributed by atoms with Gasteiger partial charge in [-0.1, -0.05) is 72.3 Å². The fourth-order valence-corrected chi connectivity index (χ4v) is 3.64. The van der Waals surface area contributed by atoms with Crippen LogP contribution in [0.1, 0.15) is 22.3 Å². The Kier molecular flexibility index (Phi) is 5.68. The van der Waals surface area contributed by atoms with Crippen LogP contribution >= 0.6 is 0 Å². The monoisotopic (exact) mass is 405 g/mol. The molecule has 4 nitrogen and oxygen atoms in total. The molecule has 0 aliphatic rings. The molecule has 31 heavy (non-hydrogen) atoms. The predicted molar refractivity (Wildman–Crippen MR) is 124 cm³/mol. The van der Waals surface area contributed by atoms with Gasteiger partial charge in [0.25, 0.3) is 0 Å². The summed E-state index contributed by atoms with van der Waals surface area (Å²) in [5.41, 5.74) is 13.2. The first-order chi connectivity index (χ1) is 15.1. The summed E-state index contributed by atoms with van der Waals surface area (Å²) >= 11 is 0. The summed E-state index contributed by atoms with van der Waals surface area (Å²) in [6.07, 6.45) is 0. The molecule has 0 saturated heterocycles. The van der Waals surface area contributed by atoms with Crippen LogP contribution in [0.5, 0.6) is 5.75 Å². The van der Waals surface area contributed by atoms with Crippen LogP contribution in [-0.4, -0.2) is 4.98 Å². The molecule has 3 aromatic carbocycles. The van der Waals surface area contributed by atoms with Gasteiger partial charge in [-0.3, -0.25) is 0 Å². The number of aromatic nitrogens is 1. The Morgan fingerprint density at radius 2 is 1.65 bits per heavy atom. The first-order valence-corrected chi connectivity index (χ1v) is 10.1. The van der Waals surface area contributed by atoms with Crippen LogP contribution in [-0.2, 0) is 6.61 Å². The number of ether oxygens (including phenoxy) is 1. The lowest BCUT2D eigenvalue weighted by Gasteiger charge is -2.16. The van der Waals surface area contributed by atoms with Gasteiger partial charge in [0.05, 0.1) is 5.69 Å². The minimum Gasteiger partial charge on any atom is -0.489 e. The SMILES string of the molecule is Cc1ccc(-c2nc(N)c(C#N)c(-c3cccc(OCc4ccccc4)c3)c2C)cc1. The lowest BCUT2D eigenvalue weighted by atomic mass is 9.92. The molecule has 1 aromatic heterocycles. The van der Waals surface area contributed by atoms with E-state index in [1.807, 2.05) is 92.7 Å². The maximum Gasteiger partial charge on any atom is 0.142 e. The highest BCUT2D eigenvalue weighted by Crippen LogP contribution is 2.37. The normalized spacial score (nSPS) is 10.5. The fraction of sp³-hybridized carbons (Fsp3) is 0.111. The number of nitriles is 1. The zero-order valence-corrected chi connectivity index (χ0v) is 17.6. The standard InChI is InChI=1S/C27H23N3O/c1-18-11-13-21(14-12-18)26-19(2)25(24(16-28)27(29)30-26)22-9-6-10-23(15-22)31-17-20-7-4-3-5-8-20/h3-15H,17H2,1-2H3,(H2,29,30). The molecule has 0 unspecified atom stereocenters. The molecular formula is C27H23N3O. The van der Waals surface area contributed by atoms with E-state index < -0.39 is 0 Å². The summed E-state index contributed by atoms with van der Waals surface area (Å²) < 4.78 is 6.00. The summed E-state index contributed by atoms with van der Waals surface area (Å²) in [7, 11) is 0. The molecule has 0 amide bonds. The van der Waals surface area contributed by atoms with Crippen molar-refractivity contribution in [1.82, 2.24) is 4.98 Å². The Bertz CT molecular complexity index is 1260. The molecule has 4 heteroatoms. The lowest BCUT2D eigenvalue weighted by molar-refractivity contribution is 0.306. The van der Waals surface area contributed by atoms with E-state index in [-0.39, 0.29) is 5.82 Å². The van der Waals surface area contributed by atoms with Crippen molar-refractivity contribution in [3.05, 3.63) is 101 Å². The third-order valence-electron chi connectivity index (χ3n) is 5.28. The molecule has 152 valence electrons. The van der Waals surface area contributed by atoms with Crippen molar-refractivity contribution < 1.29 is 4.74 Å². The number of aryl methyl sites for hydroxylation is 1. The number of hydrogen-bond donors (Lipinski definition) is 1. The van der Waals surface area contributed by atoms with E-state index in [2.05, 4.69) is 11.1 Å². The second-order valence-corrected chi connectivity index (χ2v) is 7.50. The number of nitrogens with two attached hydrogens (primary N) is 1. The van der Waals surface area contributed by atoms with E-state index in [1.54, 1.807) is 0 Å². The fourth-order valence-electron chi connectivity index (χ4n) is 3.64. The molecule has 1 heterocycles. The van der Waals surface area contributed by atoms with Crippen molar-refractivity contribution in [3.8, 4) is 34.2 Å². The Morgan fingerprint density at radius 3 is 2.35 bits per heavy atom. The summed E-state index contributed by atoms with van der Waals surface area (Å²) in [6, 6.07) is 28.2. The zero-order chi connectivity index (χ0) is 21.8. The Morgan fingerprint density at radius 1 is 0.903 bits per heavy atom. The van der Waals surface area contributed by atoms with Crippen LogP contribution in [0.25, 0.3) is 22.4 Å². The van der Waals surface area contributed by atoms with Crippen LogP contribution in [0.15, 0.2) is 78.9 Å². The lowest BCUT2D eigenvalue weighted by Crippen LogP contribution is -2.03. The average molecular weight is 406 g/mol. The number of nitrogens with zero attached hydrogens (tertiary/aromatic N) is 2. The van der Waals surface area contributed by atoms with E-state index in [4.69, 9.17) is 10.5 Å². The maximum absolute atomic E-state index is 9.80. The quantitative estimate of drug-likeness (QED) is 0.438. The van der Waals surface area contributed by atoms with E-state index in [1.165, 1.54) is 5.56 Å². The summed E-state index contributed by atoms with van der Waals surface area (Å²) in [5, 5.41) is 9.80. The van der Waals surface area contributed by atoms with Crippen molar-refractivity contribution in [1.29, 1.82) is 5.26 Å². The molecule has 0 saturated carbocycles. The van der Waals surface area contributed by atoms with Gasteiger partial charge in [-0.2, -0.15) is 5.26 Å². The van der Waals surface area contributed by atoms with Crippen LogP contribution < -0.4 is 10.5 Å². The van der Waals surface area contributed by atoms with E-state index in [9.17, 15) is 5.26 Å². The molecule has 0 radical (unpaired) electrons. The van der Waals surface area contributed by atoms with Crippen LogP contribution in [0.4, 0.5) is 5.82 Å². The number of anilines is 1. The van der Waals surface area contributed by atoms with Gasteiger partial charge >= 0.3 is 0 Å². The van der Waals surface area contributed by atoms with Crippen molar-refractivity contribution in [3.63, 3.8) is 0 Å². The van der Waals surface area contributed by atoms with Gasteiger partial charge in [-0.05, 0) is 42.7 Å². The number of pyridine rings is 1. The highest BCUT2D eigenvalue weighted by atomic mass is 16.5. The smallest absolute Gasteiger partial charge is 0.142 e. The number of nitrogen functional groups attached to an aromatic ring is 1. The third-order valence-corrected chi connectivity index (χ3v) is 5.28. The van der Waals surface area contributed by atoms with Crippen molar-refractivity contribution in [2.24, 2.45) is 0 Å². The Hall–Kier alpha value is -4.10. The number of benzene rings is 3. The van der Waals surface area contributed by atoms with Crippen LogP contribution in [0.2, 0.25) is 0 Å². The molecule has 0 atom stereocenters. The first-order valence-electron chi connectivity index (χ1n) is 10.1. The predicted octanol–water partition coefficient (Wildman–Crippen LogP) is 6.07. The largest absolute Gasteiger partial charge is 0.489 e. The van der Waals surface area contributed by atoms with Crippen LogP contribution in [0, 0.1) is 25.2 Å². The van der Waals surface area contributed by atoms with Crippen LogP contribution in [0.3, 0.4) is 0 Å². The topological polar surface area (TPSA) is 71.9 Å². The van der Waals surface area contributed by atoms with E-state index in [0.717, 1.165) is 39.3 Å².